The second kappa shape index (κ2) is 7.17. The maximum atomic E-state index is 13.6. The molecule has 1 amide bonds. The van der Waals surface area contributed by atoms with Gasteiger partial charge < -0.3 is 4.90 Å². The minimum Gasteiger partial charge on any atom is -0.307 e. The van der Waals surface area contributed by atoms with E-state index in [4.69, 9.17) is 0 Å². The molecule has 0 saturated heterocycles. The summed E-state index contributed by atoms with van der Waals surface area (Å²) in [5.41, 5.74) is 3.24. The van der Waals surface area contributed by atoms with Gasteiger partial charge in [0.2, 0.25) is 0 Å². The third kappa shape index (κ3) is 3.46. The smallest absolute Gasteiger partial charge is 0.258 e. The average molecular weight is 502 g/mol. The second-order valence-electron chi connectivity index (χ2n) is 9.95. The Morgan fingerprint density at radius 1 is 1.00 bits per heavy atom. The van der Waals surface area contributed by atoms with Crippen LogP contribution in [0, 0.1) is 5.41 Å². The van der Waals surface area contributed by atoms with E-state index >= 15 is 0 Å². The van der Waals surface area contributed by atoms with Gasteiger partial charge in [-0.1, -0.05) is 22.0 Å². The van der Waals surface area contributed by atoms with Crippen LogP contribution in [0.15, 0.2) is 51.8 Å². The van der Waals surface area contributed by atoms with Crippen LogP contribution in [0.4, 0.5) is 5.69 Å². The quantitative estimate of drug-likeness (QED) is 0.527. The number of hydrogen-bond acceptors (Lipinski definition) is 3. The zero-order chi connectivity index (χ0) is 22.0. The van der Waals surface area contributed by atoms with E-state index in [-0.39, 0.29) is 16.2 Å². The van der Waals surface area contributed by atoms with Crippen LogP contribution in [0.5, 0.6) is 0 Å². The standard InChI is InChI=1S/C25H28BrNO3S/c1-17(2)31(29,30)20-5-3-4-18(14-20)23(28)27-16-25(12-10-24(8-9-24)11-13-25)21-15-19(26)6-7-22(21)27/h3-7,14-15,17H,8-13,16H2,1-2H3. The number of fused-ring (bicyclic) bond motifs is 2. The largest absolute Gasteiger partial charge is 0.307 e. The molecule has 2 spiro atoms. The lowest BCUT2D eigenvalue weighted by Crippen LogP contribution is -2.40. The summed E-state index contributed by atoms with van der Waals surface area (Å²) in [6.07, 6.45) is 7.42. The molecule has 0 atom stereocenters. The van der Waals surface area contributed by atoms with Crippen LogP contribution in [0.3, 0.4) is 0 Å². The number of carbonyl (C=O) groups excluding carboxylic acids is 1. The van der Waals surface area contributed by atoms with Gasteiger partial charge in [-0.3, -0.25) is 4.79 Å². The number of anilines is 1. The molecule has 2 aromatic carbocycles. The number of carbonyl (C=O) groups is 1. The third-order valence-corrected chi connectivity index (χ3v) is 10.4. The van der Waals surface area contributed by atoms with Crippen molar-refractivity contribution in [2.24, 2.45) is 5.41 Å². The van der Waals surface area contributed by atoms with Crippen LogP contribution >= 0.6 is 15.9 Å². The molecule has 164 valence electrons. The van der Waals surface area contributed by atoms with Crippen LogP contribution < -0.4 is 4.90 Å². The van der Waals surface area contributed by atoms with E-state index in [1.165, 1.54) is 31.2 Å². The van der Waals surface area contributed by atoms with Crippen molar-refractivity contribution in [2.75, 3.05) is 11.4 Å². The minimum atomic E-state index is -3.43. The highest BCUT2D eigenvalue weighted by molar-refractivity contribution is 9.10. The first-order chi connectivity index (χ1) is 14.7. The fourth-order valence-electron chi connectivity index (χ4n) is 5.42. The lowest BCUT2D eigenvalue weighted by Gasteiger charge is -2.38. The summed E-state index contributed by atoms with van der Waals surface area (Å²) in [7, 11) is -3.43. The molecule has 2 aromatic rings. The van der Waals surface area contributed by atoms with Crippen molar-refractivity contribution in [2.45, 2.75) is 67.9 Å². The summed E-state index contributed by atoms with van der Waals surface area (Å²) in [6, 6.07) is 12.7. The van der Waals surface area contributed by atoms with Gasteiger partial charge >= 0.3 is 0 Å². The van der Waals surface area contributed by atoms with Gasteiger partial charge in [0.05, 0.1) is 10.1 Å². The van der Waals surface area contributed by atoms with Gasteiger partial charge in [0, 0.05) is 27.7 Å². The second-order valence-corrected chi connectivity index (χ2v) is 13.4. The summed E-state index contributed by atoms with van der Waals surface area (Å²) in [6.45, 7) is 4.00. The zero-order valence-electron chi connectivity index (χ0n) is 18.0. The predicted molar refractivity (Wildman–Crippen MR) is 126 cm³/mol. The lowest BCUT2D eigenvalue weighted by molar-refractivity contribution is 0.0980. The number of rotatable bonds is 3. The average Bonchev–Trinajstić information content (AvgIpc) is 3.45. The summed E-state index contributed by atoms with van der Waals surface area (Å²) in [4.78, 5) is 15.7. The normalized spacial score (nSPS) is 21.0. The molecule has 3 aliphatic rings. The molecule has 0 N–H and O–H groups in total. The van der Waals surface area contributed by atoms with Gasteiger partial charge in [-0.15, -0.1) is 0 Å². The van der Waals surface area contributed by atoms with Crippen LogP contribution in [-0.4, -0.2) is 26.1 Å². The van der Waals surface area contributed by atoms with Gasteiger partial charge in [-0.2, -0.15) is 0 Å². The highest BCUT2D eigenvalue weighted by Crippen LogP contribution is 2.62. The van der Waals surface area contributed by atoms with E-state index in [1.807, 2.05) is 17.0 Å². The molecule has 0 radical (unpaired) electrons. The molecule has 0 bridgehead atoms. The maximum absolute atomic E-state index is 13.6. The molecule has 31 heavy (non-hydrogen) atoms. The first kappa shape index (κ1) is 21.2. The lowest BCUT2D eigenvalue weighted by atomic mass is 9.66. The Kier molecular flexibility index (Phi) is 4.91. The predicted octanol–water partition coefficient (Wildman–Crippen LogP) is 5.88. The maximum Gasteiger partial charge on any atom is 0.258 e. The molecule has 6 heteroatoms. The van der Waals surface area contributed by atoms with Crippen LogP contribution in [0.1, 0.15) is 68.3 Å². The van der Waals surface area contributed by atoms with Gasteiger partial charge in [0.1, 0.15) is 0 Å². The Hall–Kier alpha value is -1.66. The molecule has 5 rings (SSSR count). The number of halogens is 1. The first-order valence-electron chi connectivity index (χ1n) is 11.1. The molecule has 2 aliphatic carbocycles. The Balaban J connectivity index is 1.51. The van der Waals surface area contributed by atoms with Crippen molar-refractivity contribution in [3.05, 3.63) is 58.1 Å². The van der Waals surface area contributed by atoms with Crippen molar-refractivity contribution in [1.82, 2.24) is 0 Å². The monoisotopic (exact) mass is 501 g/mol. The fraction of sp³-hybridized carbons (Fsp3) is 0.480. The highest BCUT2D eigenvalue weighted by atomic mass is 79.9. The summed E-state index contributed by atoms with van der Waals surface area (Å²) < 4.78 is 26.3. The van der Waals surface area contributed by atoms with Gasteiger partial charge in [0.15, 0.2) is 9.84 Å². The van der Waals surface area contributed by atoms with Crippen LogP contribution in [0.2, 0.25) is 0 Å². The molecular formula is C25H28BrNO3S. The number of benzene rings is 2. The number of amides is 1. The molecule has 1 heterocycles. The SMILES string of the molecule is CC(C)S(=O)(=O)c1cccc(C(=O)N2CC3(CCC4(CC4)CC3)c3cc(Br)ccc32)c1. The zero-order valence-corrected chi connectivity index (χ0v) is 20.4. The highest BCUT2D eigenvalue weighted by Gasteiger charge is 2.53. The van der Waals surface area contributed by atoms with E-state index < -0.39 is 15.1 Å². The first-order valence-corrected chi connectivity index (χ1v) is 13.5. The summed E-state index contributed by atoms with van der Waals surface area (Å²) in [5, 5.41) is -0.525. The number of hydrogen-bond donors (Lipinski definition) is 0. The number of sulfone groups is 1. The van der Waals surface area contributed by atoms with Crippen molar-refractivity contribution in [3.63, 3.8) is 0 Å². The number of nitrogens with zero attached hydrogens (tertiary/aromatic N) is 1. The van der Waals surface area contributed by atoms with E-state index in [2.05, 4.69) is 22.0 Å². The molecule has 0 unspecified atom stereocenters. The van der Waals surface area contributed by atoms with Crippen molar-refractivity contribution >= 4 is 37.4 Å². The summed E-state index contributed by atoms with van der Waals surface area (Å²) >= 11 is 3.63. The van der Waals surface area contributed by atoms with E-state index in [1.54, 1.807) is 38.1 Å². The van der Waals surface area contributed by atoms with Crippen LogP contribution in [-0.2, 0) is 15.3 Å². The molecule has 4 nitrogen and oxygen atoms in total. The van der Waals surface area contributed by atoms with Crippen molar-refractivity contribution in [3.8, 4) is 0 Å². The fourth-order valence-corrected chi connectivity index (χ4v) is 6.88. The van der Waals surface area contributed by atoms with Crippen molar-refractivity contribution in [1.29, 1.82) is 0 Å². The molecule has 2 fully saturated rings. The van der Waals surface area contributed by atoms with E-state index in [0.29, 0.717) is 17.5 Å². The van der Waals surface area contributed by atoms with E-state index in [9.17, 15) is 13.2 Å². The molecule has 1 aliphatic heterocycles. The Labute approximate surface area is 193 Å². The molecular weight excluding hydrogens is 474 g/mol. The summed E-state index contributed by atoms with van der Waals surface area (Å²) in [5.74, 6) is -0.118. The molecule has 2 saturated carbocycles. The van der Waals surface area contributed by atoms with Gasteiger partial charge in [-0.05, 0) is 99.7 Å². The third-order valence-electron chi connectivity index (χ3n) is 7.78. The van der Waals surface area contributed by atoms with Gasteiger partial charge in [-0.25, -0.2) is 8.42 Å². The van der Waals surface area contributed by atoms with Crippen molar-refractivity contribution < 1.29 is 13.2 Å². The molecule has 0 aromatic heterocycles. The topological polar surface area (TPSA) is 54.5 Å². The van der Waals surface area contributed by atoms with E-state index in [0.717, 1.165) is 23.0 Å². The minimum absolute atomic E-state index is 0.00420. The Morgan fingerprint density at radius 2 is 1.68 bits per heavy atom. The Morgan fingerprint density at radius 3 is 2.32 bits per heavy atom. The Bertz CT molecular complexity index is 1160. The van der Waals surface area contributed by atoms with Gasteiger partial charge in [0.25, 0.3) is 5.91 Å². The van der Waals surface area contributed by atoms with Crippen LogP contribution in [0.25, 0.3) is 0 Å².